The fourth-order valence-corrected chi connectivity index (χ4v) is 5.60. The highest BCUT2D eigenvalue weighted by Crippen LogP contribution is 2.32. The minimum atomic E-state index is -4.78. The number of alkyl halides is 3. The van der Waals surface area contributed by atoms with Gasteiger partial charge in [0.25, 0.3) is 10.1 Å². The van der Waals surface area contributed by atoms with Crippen LogP contribution in [-0.4, -0.2) is 63.4 Å². The Morgan fingerprint density at radius 3 is 2.39 bits per heavy atom. The zero-order valence-electron chi connectivity index (χ0n) is 22.9. The van der Waals surface area contributed by atoms with E-state index in [1.165, 1.54) is 6.08 Å². The van der Waals surface area contributed by atoms with Gasteiger partial charge in [-0.05, 0) is 70.6 Å². The highest BCUT2D eigenvalue weighted by molar-refractivity contribution is 14.1. The number of hydrogen-bond donors (Lipinski definition) is 1. The number of hydrogen-bond acceptors (Lipinski definition) is 9. The highest BCUT2D eigenvalue weighted by atomic mass is 127. The predicted molar refractivity (Wildman–Crippen MR) is 159 cm³/mol. The van der Waals surface area contributed by atoms with Gasteiger partial charge < -0.3 is 24.1 Å². The largest absolute Gasteiger partial charge is 0.461 e. The molecule has 0 saturated carbocycles. The van der Waals surface area contributed by atoms with Gasteiger partial charge in [-0.2, -0.15) is 21.6 Å². The molecule has 0 spiro atoms. The molecule has 0 bridgehead atoms. The van der Waals surface area contributed by atoms with Crippen LogP contribution in [0, 0.1) is 3.57 Å². The van der Waals surface area contributed by atoms with Crippen LogP contribution in [0.5, 0.6) is 5.75 Å². The van der Waals surface area contributed by atoms with Crippen molar-refractivity contribution in [3.8, 4) is 5.75 Å². The summed E-state index contributed by atoms with van der Waals surface area (Å²) in [5.74, 6) is -0.378. The lowest BCUT2D eigenvalue weighted by molar-refractivity contribution is -0.287. The zero-order chi connectivity index (χ0) is 31.9. The second-order valence-electron chi connectivity index (χ2n) is 9.57. The third-order valence-electron chi connectivity index (χ3n) is 6.39. The molecule has 14 heteroatoms. The molecule has 3 aromatic rings. The summed E-state index contributed by atoms with van der Waals surface area (Å²) < 4.78 is 94.4. The van der Waals surface area contributed by atoms with E-state index in [4.69, 9.17) is 23.1 Å². The lowest BCUT2D eigenvalue weighted by atomic mass is 9.98. The maximum atomic E-state index is 13.2. The molecule has 1 fully saturated rings. The first-order valence-corrected chi connectivity index (χ1v) is 15.6. The number of ether oxygens (including phenoxy) is 4. The van der Waals surface area contributed by atoms with E-state index < -0.39 is 70.0 Å². The van der Waals surface area contributed by atoms with E-state index in [2.05, 4.69) is 29.2 Å². The van der Waals surface area contributed by atoms with E-state index in [0.717, 1.165) is 21.8 Å². The summed E-state index contributed by atoms with van der Waals surface area (Å²) in [6.45, 7) is 2.67. The van der Waals surface area contributed by atoms with Crippen LogP contribution in [-0.2, 0) is 45.9 Å². The number of carbonyl (C=O) groups excluding carboxylic acids is 1. The van der Waals surface area contributed by atoms with Crippen molar-refractivity contribution in [3.63, 3.8) is 0 Å². The first kappa shape index (κ1) is 33.9. The summed E-state index contributed by atoms with van der Waals surface area (Å²) in [6.07, 6.45) is -10.6. The average Bonchev–Trinajstić information content (AvgIpc) is 2.99. The molecule has 9 nitrogen and oxygen atoms in total. The second kappa shape index (κ2) is 14.8. The zero-order valence-corrected chi connectivity index (χ0v) is 25.9. The smallest absolute Gasteiger partial charge is 0.416 e. The summed E-state index contributed by atoms with van der Waals surface area (Å²) >= 11 is 2.10. The average molecular weight is 749 g/mol. The highest BCUT2D eigenvalue weighted by Gasteiger charge is 2.50. The summed E-state index contributed by atoms with van der Waals surface area (Å²) in [7, 11) is -4.72. The third kappa shape index (κ3) is 9.01. The Morgan fingerprint density at radius 1 is 1.02 bits per heavy atom. The van der Waals surface area contributed by atoms with Crippen LogP contribution < -0.4 is 4.74 Å². The summed E-state index contributed by atoms with van der Waals surface area (Å²) in [4.78, 5) is 12.2. The maximum Gasteiger partial charge on any atom is 0.416 e. The Labute approximate surface area is 265 Å². The number of carbonyl (C=O) groups is 1. The van der Waals surface area contributed by atoms with Gasteiger partial charge in [0.05, 0.1) is 30.1 Å². The van der Waals surface area contributed by atoms with Crippen molar-refractivity contribution in [3.05, 3.63) is 106 Å². The van der Waals surface area contributed by atoms with Crippen molar-refractivity contribution < 1.29 is 54.6 Å². The van der Waals surface area contributed by atoms with Crippen LogP contribution in [0.4, 0.5) is 13.2 Å². The molecular weight excluding hydrogens is 720 g/mol. The van der Waals surface area contributed by atoms with E-state index in [9.17, 15) is 31.5 Å². The summed E-state index contributed by atoms with van der Waals surface area (Å²) in [5, 5.41) is 11.2. The molecule has 1 aliphatic rings. The van der Waals surface area contributed by atoms with Crippen molar-refractivity contribution in [2.45, 2.75) is 48.2 Å². The number of benzene rings is 3. The lowest BCUT2D eigenvalue weighted by Crippen LogP contribution is -2.62. The molecule has 3 aromatic carbocycles. The molecular formula is C30H28F3IO9S. The molecule has 0 radical (unpaired) electrons. The van der Waals surface area contributed by atoms with Gasteiger partial charge in [-0.3, -0.25) is 8.98 Å². The van der Waals surface area contributed by atoms with Gasteiger partial charge in [-0.25, -0.2) is 0 Å². The molecule has 0 unspecified atom stereocenters. The topological polar surface area (TPSA) is 118 Å². The molecule has 1 saturated heterocycles. The number of rotatable bonds is 12. The fraction of sp³-hybridized carbons (Fsp3) is 0.300. The molecule has 4 rings (SSSR count). The van der Waals surface area contributed by atoms with Gasteiger partial charge in [-0.1, -0.05) is 42.5 Å². The Kier molecular flexibility index (Phi) is 11.4. The summed E-state index contributed by atoms with van der Waals surface area (Å²) in [5.41, 5.74) is -0.514. The van der Waals surface area contributed by atoms with Crippen LogP contribution in [0.25, 0.3) is 0 Å². The van der Waals surface area contributed by atoms with Crippen molar-refractivity contribution >= 4 is 38.7 Å². The predicted octanol–water partition coefficient (Wildman–Crippen LogP) is 4.91. The summed E-state index contributed by atoms with van der Waals surface area (Å²) in [6, 6.07) is 18.6. The van der Waals surface area contributed by atoms with Crippen LogP contribution in [0.15, 0.2) is 96.4 Å². The normalized spacial score (nSPS) is 22.2. The molecule has 1 heterocycles. The van der Waals surface area contributed by atoms with Gasteiger partial charge in [0.15, 0.2) is 6.10 Å². The van der Waals surface area contributed by atoms with Gasteiger partial charge in [0, 0.05) is 3.57 Å². The van der Waals surface area contributed by atoms with Crippen LogP contribution in [0.3, 0.4) is 0 Å². The Hall–Kier alpha value is -3.02. The van der Waals surface area contributed by atoms with Gasteiger partial charge in [0.1, 0.15) is 24.1 Å². The van der Waals surface area contributed by atoms with Gasteiger partial charge in [0.2, 0.25) is 6.29 Å². The first-order valence-electron chi connectivity index (χ1n) is 13.2. The second-order valence-corrected chi connectivity index (χ2v) is 12.4. The molecule has 5 atom stereocenters. The quantitative estimate of drug-likeness (QED) is 0.120. The van der Waals surface area contributed by atoms with E-state index in [-0.39, 0.29) is 13.0 Å². The third-order valence-corrected chi connectivity index (χ3v) is 8.38. The van der Waals surface area contributed by atoms with E-state index in [0.29, 0.717) is 17.4 Å². The molecule has 1 N–H and O–H groups in total. The number of aliphatic hydroxyl groups excluding tert-OH is 1. The van der Waals surface area contributed by atoms with Crippen LogP contribution >= 0.6 is 22.6 Å². The molecule has 0 amide bonds. The van der Waals surface area contributed by atoms with Crippen molar-refractivity contribution in [2.24, 2.45) is 0 Å². The minimum Gasteiger partial charge on any atom is -0.461 e. The van der Waals surface area contributed by atoms with E-state index in [1.807, 2.05) is 0 Å². The molecule has 44 heavy (non-hydrogen) atoms. The first-order chi connectivity index (χ1) is 20.9. The van der Waals surface area contributed by atoms with Crippen molar-refractivity contribution in [1.82, 2.24) is 0 Å². The number of halogens is 4. The Balaban J connectivity index is 1.59. The Morgan fingerprint density at radius 2 is 1.73 bits per heavy atom. The van der Waals surface area contributed by atoms with Crippen LogP contribution in [0.2, 0.25) is 0 Å². The number of esters is 1. The van der Waals surface area contributed by atoms with E-state index in [1.54, 1.807) is 54.6 Å². The Bertz CT molecular complexity index is 1520. The maximum absolute atomic E-state index is 13.2. The van der Waals surface area contributed by atoms with E-state index >= 15 is 0 Å². The monoisotopic (exact) mass is 748 g/mol. The van der Waals surface area contributed by atoms with Gasteiger partial charge >= 0.3 is 12.1 Å². The SMILES string of the molecule is C=CCO[C@H]1[C@H](O)[C@H](COS(=O)(=O)c2cccc(C(F)(F)F)c2)O[C@@H](Oc2ccc(I)cc2)[C@H]1OC(=O)Cc1ccccc1. The minimum absolute atomic E-state index is 0.0964. The molecule has 0 aromatic heterocycles. The molecule has 236 valence electrons. The van der Waals surface area contributed by atoms with Gasteiger partial charge in [-0.15, -0.1) is 6.58 Å². The van der Waals surface area contributed by atoms with Crippen molar-refractivity contribution in [1.29, 1.82) is 0 Å². The van der Waals surface area contributed by atoms with Crippen LogP contribution in [0.1, 0.15) is 11.1 Å². The molecule has 0 aliphatic carbocycles. The fourth-order valence-electron chi connectivity index (χ4n) is 4.27. The lowest BCUT2D eigenvalue weighted by Gasteiger charge is -2.43. The standard InChI is InChI=1S/C30H28F3IO9S/c1-2-15-39-27-26(36)24(18-40-44(37,38)23-10-6-9-20(17-23)30(31,32)33)42-29(41-22-13-11-21(34)12-14-22)28(27)43-25(35)16-19-7-4-3-5-8-19/h2-14,17,24,26-29,36H,1,15-16,18H2/t24-,26+,27-,28-,29+/m0/s1. The van der Waals surface area contributed by atoms with Crippen molar-refractivity contribution in [2.75, 3.05) is 13.2 Å². The molecule has 1 aliphatic heterocycles. The number of aliphatic hydroxyl groups is 1.